The Morgan fingerprint density at radius 3 is 2.33 bits per heavy atom. The molecule has 1 atom stereocenters. The number of furan rings is 1. The predicted molar refractivity (Wildman–Crippen MR) is 123 cm³/mol. The van der Waals surface area contributed by atoms with Crippen LogP contribution in [-0.4, -0.2) is 61.7 Å². The van der Waals surface area contributed by atoms with E-state index in [1.807, 2.05) is 26.0 Å². The van der Waals surface area contributed by atoms with Gasteiger partial charge in [0.05, 0.1) is 11.2 Å². The average Bonchev–Trinajstić information content (AvgIpc) is 3.37. The van der Waals surface area contributed by atoms with Gasteiger partial charge < -0.3 is 14.6 Å². The molecule has 8 nitrogen and oxygen atoms in total. The second kappa shape index (κ2) is 9.69. The van der Waals surface area contributed by atoms with E-state index < -0.39 is 22.0 Å². The molecule has 1 aromatic carbocycles. The first-order valence-electron chi connectivity index (χ1n) is 11.5. The van der Waals surface area contributed by atoms with Crippen molar-refractivity contribution in [2.75, 3.05) is 26.2 Å². The summed E-state index contributed by atoms with van der Waals surface area (Å²) in [5, 5.41) is 2.76. The van der Waals surface area contributed by atoms with Crippen LogP contribution in [0.4, 0.5) is 0 Å². The number of rotatable bonds is 6. The minimum absolute atomic E-state index is 0.131. The molecule has 0 unspecified atom stereocenters. The first kappa shape index (κ1) is 23.5. The van der Waals surface area contributed by atoms with E-state index in [2.05, 4.69) is 5.32 Å². The fourth-order valence-electron chi connectivity index (χ4n) is 4.50. The van der Waals surface area contributed by atoms with Crippen LogP contribution >= 0.6 is 0 Å². The molecule has 9 heteroatoms. The van der Waals surface area contributed by atoms with Crippen LogP contribution in [0.25, 0.3) is 0 Å². The minimum Gasteiger partial charge on any atom is -0.459 e. The number of amides is 2. The number of aryl methyl sites for hydroxylation is 2. The van der Waals surface area contributed by atoms with Gasteiger partial charge in [0.15, 0.2) is 5.76 Å². The van der Waals surface area contributed by atoms with Gasteiger partial charge in [-0.3, -0.25) is 9.59 Å². The number of piperazine rings is 1. The molecule has 2 aromatic rings. The molecule has 1 aromatic heterocycles. The normalized spacial score (nSPS) is 18.1. The van der Waals surface area contributed by atoms with Crippen molar-refractivity contribution >= 4 is 21.8 Å². The Kier molecular flexibility index (Phi) is 6.90. The number of nitrogens with zero attached hydrogens (tertiary/aromatic N) is 2. The molecule has 2 aliphatic rings. The molecule has 2 amide bonds. The Balaban J connectivity index is 1.41. The minimum atomic E-state index is -3.62. The smallest absolute Gasteiger partial charge is 0.287 e. The van der Waals surface area contributed by atoms with Gasteiger partial charge in [-0.05, 0) is 67.0 Å². The van der Waals surface area contributed by atoms with E-state index in [1.165, 1.54) is 16.1 Å². The third-order valence-corrected chi connectivity index (χ3v) is 8.37. The molecular formula is C24H31N3O5S. The van der Waals surface area contributed by atoms with Crippen LogP contribution in [0.2, 0.25) is 0 Å². The fourth-order valence-corrected chi connectivity index (χ4v) is 5.97. The summed E-state index contributed by atoms with van der Waals surface area (Å²) < 4.78 is 33.0. The lowest BCUT2D eigenvalue weighted by molar-refractivity contribution is -0.135. The van der Waals surface area contributed by atoms with E-state index in [0.29, 0.717) is 4.90 Å². The molecule has 1 aliphatic heterocycles. The number of benzene rings is 1. The molecule has 2 heterocycles. The van der Waals surface area contributed by atoms with Crippen molar-refractivity contribution in [3.63, 3.8) is 0 Å². The molecule has 0 saturated carbocycles. The topological polar surface area (TPSA) is 99.9 Å². The molecule has 178 valence electrons. The van der Waals surface area contributed by atoms with Crippen LogP contribution < -0.4 is 5.32 Å². The number of fused-ring (bicyclic) bond motifs is 1. The second-order valence-electron chi connectivity index (χ2n) is 9.04. The lowest BCUT2D eigenvalue weighted by Crippen LogP contribution is -2.57. The van der Waals surface area contributed by atoms with Gasteiger partial charge in [-0.2, -0.15) is 4.31 Å². The lowest BCUT2D eigenvalue weighted by Gasteiger charge is -2.36. The van der Waals surface area contributed by atoms with Crippen molar-refractivity contribution in [1.29, 1.82) is 0 Å². The van der Waals surface area contributed by atoms with Crippen LogP contribution in [0.3, 0.4) is 0 Å². The maximum atomic E-state index is 13.2. The molecule has 1 saturated heterocycles. The fraction of sp³-hybridized carbons (Fsp3) is 0.500. The van der Waals surface area contributed by atoms with Gasteiger partial charge >= 0.3 is 0 Å². The zero-order valence-corrected chi connectivity index (χ0v) is 19.9. The molecule has 1 aliphatic carbocycles. The third kappa shape index (κ3) is 4.99. The van der Waals surface area contributed by atoms with Crippen LogP contribution in [0.1, 0.15) is 48.4 Å². The molecule has 1 N–H and O–H groups in total. The number of carbonyl (C=O) groups excluding carboxylic acids is 2. The number of carbonyl (C=O) groups is 2. The Hall–Kier alpha value is -2.65. The summed E-state index contributed by atoms with van der Waals surface area (Å²) in [5.74, 6) is -0.639. The Morgan fingerprint density at radius 2 is 1.70 bits per heavy atom. The highest BCUT2D eigenvalue weighted by molar-refractivity contribution is 7.89. The van der Waals surface area contributed by atoms with Gasteiger partial charge in [-0.15, -0.1) is 0 Å². The summed E-state index contributed by atoms with van der Waals surface area (Å²) in [6.07, 6.45) is 5.56. The third-order valence-electron chi connectivity index (χ3n) is 6.47. The standard InChI is InChI=1S/C24H31N3O5S/c1-17(2)22(25-23(28)21-8-5-15-32-21)24(29)26-11-13-27(14-12-26)33(30,31)20-10-9-18-6-3-4-7-19(18)16-20/h5,8-10,15-17,22H,3-4,6-7,11-14H2,1-2H3,(H,25,28)/t22-/m0/s1. The van der Waals surface area contributed by atoms with Crippen LogP contribution in [-0.2, 0) is 27.7 Å². The van der Waals surface area contributed by atoms with Crippen molar-refractivity contribution < 1.29 is 22.4 Å². The first-order valence-corrected chi connectivity index (χ1v) is 13.0. The summed E-state index contributed by atoms with van der Waals surface area (Å²) in [6, 6.07) is 7.91. The lowest BCUT2D eigenvalue weighted by atomic mass is 9.92. The second-order valence-corrected chi connectivity index (χ2v) is 11.0. The van der Waals surface area contributed by atoms with Crippen molar-refractivity contribution in [2.24, 2.45) is 5.92 Å². The predicted octanol–water partition coefficient (Wildman–Crippen LogP) is 2.45. The van der Waals surface area contributed by atoms with Crippen molar-refractivity contribution in [3.8, 4) is 0 Å². The van der Waals surface area contributed by atoms with E-state index in [0.717, 1.165) is 31.2 Å². The van der Waals surface area contributed by atoms with Gasteiger partial charge in [0.25, 0.3) is 5.91 Å². The Labute approximate surface area is 195 Å². The van der Waals surface area contributed by atoms with E-state index in [9.17, 15) is 18.0 Å². The van der Waals surface area contributed by atoms with E-state index >= 15 is 0 Å². The molecule has 0 radical (unpaired) electrons. The number of hydrogen-bond donors (Lipinski definition) is 1. The summed E-state index contributed by atoms with van der Waals surface area (Å²) >= 11 is 0. The summed E-state index contributed by atoms with van der Waals surface area (Å²) in [6.45, 7) is 4.74. The summed E-state index contributed by atoms with van der Waals surface area (Å²) in [5.41, 5.74) is 2.37. The molecule has 1 fully saturated rings. The number of hydrogen-bond acceptors (Lipinski definition) is 5. The number of nitrogens with one attached hydrogen (secondary N) is 1. The van der Waals surface area contributed by atoms with Crippen LogP contribution in [0.15, 0.2) is 45.9 Å². The molecule has 33 heavy (non-hydrogen) atoms. The van der Waals surface area contributed by atoms with Crippen LogP contribution in [0, 0.1) is 5.92 Å². The van der Waals surface area contributed by atoms with Gasteiger partial charge in [-0.1, -0.05) is 19.9 Å². The first-order chi connectivity index (χ1) is 15.8. The highest BCUT2D eigenvalue weighted by Crippen LogP contribution is 2.26. The van der Waals surface area contributed by atoms with Crippen LogP contribution in [0.5, 0.6) is 0 Å². The largest absolute Gasteiger partial charge is 0.459 e. The van der Waals surface area contributed by atoms with Gasteiger partial charge in [0.2, 0.25) is 15.9 Å². The molecule has 4 rings (SSSR count). The average molecular weight is 474 g/mol. The molecule has 0 bridgehead atoms. The molecular weight excluding hydrogens is 442 g/mol. The highest BCUT2D eigenvalue weighted by Gasteiger charge is 2.34. The quantitative estimate of drug-likeness (QED) is 0.695. The zero-order valence-electron chi connectivity index (χ0n) is 19.1. The van der Waals surface area contributed by atoms with Crippen molar-refractivity contribution in [3.05, 3.63) is 53.5 Å². The van der Waals surface area contributed by atoms with Gasteiger partial charge in [0, 0.05) is 26.2 Å². The maximum Gasteiger partial charge on any atom is 0.287 e. The number of sulfonamides is 1. The van der Waals surface area contributed by atoms with Gasteiger partial charge in [0.1, 0.15) is 6.04 Å². The SMILES string of the molecule is CC(C)[C@H](NC(=O)c1ccco1)C(=O)N1CCN(S(=O)(=O)c2ccc3c(c2)CCCC3)CC1. The van der Waals surface area contributed by atoms with Crippen molar-refractivity contribution in [1.82, 2.24) is 14.5 Å². The maximum absolute atomic E-state index is 13.2. The van der Waals surface area contributed by atoms with Crippen molar-refractivity contribution in [2.45, 2.75) is 50.5 Å². The van der Waals surface area contributed by atoms with E-state index in [4.69, 9.17) is 4.42 Å². The molecule has 0 spiro atoms. The summed E-state index contributed by atoms with van der Waals surface area (Å²) in [4.78, 5) is 27.5. The summed E-state index contributed by atoms with van der Waals surface area (Å²) in [7, 11) is -3.62. The zero-order chi connectivity index (χ0) is 23.6. The Bertz CT molecular complexity index is 1100. The highest BCUT2D eigenvalue weighted by atomic mass is 32.2. The van der Waals surface area contributed by atoms with E-state index in [1.54, 1.807) is 23.1 Å². The van der Waals surface area contributed by atoms with E-state index in [-0.39, 0.29) is 43.8 Å². The van der Waals surface area contributed by atoms with Gasteiger partial charge in [-0.25, -0.2) is 8.42 Å². The Morgan fingerprint density at radius 1 is 1.00 bits per heavy atom. The monoisotopic (exact) mass is 473 g/mol.